The third kappa shape index (κ3) is 5.12. The Morgan fingerprint density at radius 2 is 2.00 bits per heavy atom. The van der Waals surface area contributed by atoms with Crippen LogP contribution in [0.1, 0.15) is 50.6 Å². The van der Waals surface area contributed by atoms with E-state index in [1.807, 2.05) is 43.7 Å². The molecule has 0 saturated carbocycles. The van der Waals surface area contributed by atoms with Crippen LogP contribution in [0.25, 0.3) is 0 Å². The number of methoxy groups -OCH3 is 1. The Bertz CT molecular complexity index is 1220. The molecule has 3 aromatic rings. The van der Waals surface area contributed by atoms with Gasteiger partial charge in [0.2, 0.25) is 5.91 Å². The predicted octanol–water partition coefficient (Wildman–Crippen LogP) is 4.47. The predicted molar refractivity (Wildman–Crippen MR) is 133 cm³/mol. The normalized spacial score (nSPS) is 12.8. The van der Waals surface area contributed by atoms with Crippen molar-refractivity contribution in [2.45, 2.75) is 51.3 Å². The van der Waals surface area contributed by atoms with Crippen molar-refractivity contribution in [1.29, 1.82) is 0 Å². The number of carbonyl (C=O) groups is 2. The first-order valence-electron chi connectivity index (χ1n) is 11.1. The van der Waals surface area contributed by atoms with Gasteiger partial charge in [-0.25, -0.2) is 4.79 Å². The van der Waals surface area contributed by atoms with Gasteiger partial charge in [-0.15, -0.1) is 21.5 Å². The Balaban J connectivity index is 1.38. The van der Waals surface area contributed by atoms with Gasteiger partial charge in [-0.3, -0.25) is 4.79 Å². The van der Waals surface area contributed by atoms with Crippen LogP contribution in [0.3, 0.4) is 0 Å². The van der Waals surface area contributed by atoms with Gasteiger partial charge >= 0.3 is 5.97 Å². The van der Waals surface area contributed by atoms with E-state index >= 15 is 0 Å². The monoisotopic (exact) mass is 500 g/mol. The number of anilines is 1. The maximum absolute atomic E-state index is 12.7. The topological polar surface area (TPSA) is 95.3 Å². The van der Waals surface area contributed by atoms with Gasteiger partial charge in [0.1, 0.15) is 17.4 Å². The molecule has 0 unspecified atom stereocenters. The van der Waals surface area contributed by atoms with Crippen LogP contribution in [0.15, 0.2) is 23.4 Å². The van der Waals surface area contributed by atoms with E-state index in [1.165, 1.54) is 35.8 Å². The lowest BCUT2D eigenvalue weighted by Crippen LogP contribution is -2.17. The summed E-state index contributed by atoms with van der Waals surface area (Å²) in [6, 6.07) is 5.94. The van der Waals surface area contributed by atoms with E-state index in [0.717, 1.165) is 47.4 Å². The maximum atomic E-state index is 12.7. The first-order valence-corrected chi connectivity index (χ1v) is 12.9. The Labute approximate surface area is 207 Å². The van der Waals surface area contributed by atoms with Gasteiger partial charge in [0.25, 0.3) is 0 Å². The minimum atomic E-state index is -0.399. The van der Waals surface area contributed by atoms with E-state index in [0.29, 0.717) is 21.5 Å². The van der Waals surface area contributed by atoms with Crippen molar-refractivity contribution in [3.63, 3.8) is 0 Å². The minimum Gasteiger partial charge on any atom is -0.485 e. The van der Waals surface area contributed by atoms with Crippen LogP contribution in [0, 0.1) is 13.8 Å². The van der Waals surface area contributed by atoms with Crippen molar-refractivity contribution < 1.29 is 19.1 Å². The molecular formula is C24H28N4O4S2. The molecular weight excluding hydrogens is 472 g/mol. The molecule has 4 rings (SSSR count). The summed E-state index contributed by atoms with van der Waals surface area (Å²) in [5.74, 6) is 1.03. The zero-order valence-electron chi connectivity index (χ0n) is 19.8. The van der Waals surface area contributed by atoms with E-state index in [2.05, 4.69) is 15.5 Å². The van der Waals surface area contributed by atoms with E-state index in [1.54, 1.807) is 0 Å². The molecule has 1 N–H and O–H groups in total. The molecule has 0 aliphatic heterocycles. The standard InChI is InChI=1S/C24H28N4O4S2/c1-14-8-7-10-17(15(14)2)32-12-19-26-27-24(28(19)3)33-13-20(29)25-22-21(23(30)31-4)16-9-5-6-11-18(16)34-22/h7-8,10H,5-6,9,11-13H2,1-4H3,(H,25,29). The van der Waals surface area contributed by atoms with Crippen LogP contribution in [-0.4, -0.2) is 39.5 Å². The quantitative estimate of drug-likeness (QED) is 0.360. The smallest absolute Gasteiger partial charge is 0.341 e. The Morgan fingerprint density at radius 1 is 1.21 bits per heavy atom. The summed E-state index contributed by atoms with van der Waals surface area (Å²) in [4.78, 5) is 26.2. The molecule has 0 fully saturated rings. The Hall–Kier alpha value is -2.85. The van der Waals surface area contributed by atoms with Gasteiger partial charge in [-0.05, 0) is 62.3 Å². The number of hydrogen-bond acceptors (Lipinski definition) is 8. The van der Waals surface area contributed by atoms with E-state index < -0.39 is 5.97 Å². The SMILES string of the molecule is COC(=O)c1c(NC(=O)CSc2nnc(COc3cccc(C)c3C)n2C)sc2c1CCCC2. The number of esters is 1. The first kappa shape index (κ1) is 24.3. The molecule has 1 aromatic carbocycles. The molecule has 0 saturated heterocycles. The van der Waals surface area contributed by atoms with Crippen molar-refractivity contribution >= 4 is 40.0 Å². The number of rotatable bonds is 8. The number of fused-ring (bicyclic) bond motifs is 1. The summed E-state index contributed by atoms with van der Waals surface area (Å²) in [7, 11) is 3.22. The average Bonchev–Trinajstić information content (AvgIpc) is 3.37. The van der Waals surface area contributed by atoms with E-state index in [4.69, 9.17) is 9.47 Å². The molecule has 1 aliphatic carbocycles. The summed E-state index contributed by atoms with van der Waals surface area (Å²) in [5, 5.41) is 12.5. The van der Waals surface area contributed by atoms with Gasteiger partial charge in [-0.1, -0.05) is 23.9 Å². The summed E-state index contributed by atoms with van der Waals surface area (Å²) >= 11 is 2.77. The number of nitrogens with zero attached hydrogens (tertiary/aromatic N) is 3. The lowest BCUT2D eigenvalue weighted by atomic mass is 9.95. The molecule has 1 aliphatic rings. The highest BCUT2D eigenvalue weighted by Crippen LogP contribution is 2.38. The number of hydrogen-bond donors (Lipinski definition) is 1. The molecule has 1 amide bonds. The number of carbonyl (C=O) groups excluding carboxylic acids is 2. The van der Waals surface area contributed by atoms with Crippen LogP contribution in [-0.2, 0) is 36.0 Å². The lowest BCUT2D eigenvalue weighted by Gasteiger charge is -2.11. The van der Waals surface area contributed by atoms with Crippen LogP contribution in [0.4, 0.5) is 5.00 Å². The van der Waals surface area contributed by atoms with Gasteiger partial charge in [0, 0.05) is 11.9 Å². The van der Waals surface area contributed by atoms with Crippen molar-refractivity contribution in [3.8, 4) is 5.75 Å². The number of thiophene rings is 1. The lowest BCUT2D eigenvalue weighted by molar-refractivity contribution is -0.113. The molecule has 2 aromatic heterocycles. The Morgan fingerprint density at radius 3 is 2.79 bits per heavy atom. The van der Waals surface area contributed by atoms with Gasteiger partial charge in [0.15, 0.2) is 11.0 Å². The van der Waals surface area contributed by atoms with Crippen molar-refractivity contribution in [2.75, 3.05) is 18.2 Å². The summed E-state index contributed by atoms with van der Waals surface area (Å²) in [5.41, 5.74) is 3.79. The fourth-order valence-electron chi connectivity index (χ4n) is 3.88. The van der Waals surface area contributed by atoms with Crippen molar-refractivity contribution in [2.24, 2.45) is 7.05 Å². The van der Waals surface area contributed by atoms with Gasteiger partial charge in [-0.2, -0.15) is 0 Å². The van der Waals surface area contributed by atoms with Crippen LogP contribution in [0.5, 0.6) is 5.75 Å². The van der Waals surface area contributed by atoms with Crippen LogP contribution >= 0.6 is 23.1 Å². The highest BCUT2D eigenvalue weighted by Gasteiger charge is 2.27. The second-order valence-electron chi connectivity index (χ2n) is 8.19. The van der Waals surface area contributed by atoms with E-state index in [-0.39, 0.29) is 18.3 Å². The number of nitrogens with one attached hydrogen (secondary N) is 1. The first-order chi connectivity index (χ1) is 16.4. The summed E-state index contributed by atoms with van der Waals surface area (Å²) in [6.07, 6.45) is 3.91. The van der Waals surface area contributed by atoms with Gasteiger partial charge < -0.3 is 19.4 Å². The third-order valence-electron chi connectivity index (χ3n) is 5.98. The molecule has 180 valence electrons. The van der Waals surface area contributed by atoms with Crippen molar-refractivity contribution in [1.82, 2.24) is 14.8 Å². The van der Waals surface area contributed by atoms with Gasteiger partial charge in [0.05, 0.1) is 18.4 Å². The van der Waals surface area contributed by atoms with E-state index in [9.17, 15) is 9.59 Å². The highest BCUT2D eigenvalue weighted by molar-refractivity contribution is 7.99. The third-order valence-corrected chi connectivity index (χ3v) is 8.21. The molecule has 10 heteroatoms. The number of aryl methyl sites for hydroxylation is 2. The largest absolute Gasteiger partial charge is 0.485 e. The summed E-state index contributed by atoms with van der Waals surface area (Å²) in [6.45, 7) is 4.35. The number of amides is 1. The molecule has 2 heterocycles. The molecule has 0 atom stereocenters. The number of aromatic nitrogens is 3. The molecule has 0 radical (unpaired) electrons. The molecule has 34 heavy (non-hydrogen) atoms. The minimum absolute atomic E-state index is 0.146. The average molecular weight is 501 g/mol. The van der Waals surface area contributed by atoms with Crippen LogP contribution in [0.2, 0.25) is 0 Å². The Kier molecular flexibility index (Phi) is 7.57. The molecule has 8 nitrogen and oxygen atoms in total. The number of thioether (sulfide) groups is 1. The molecule has 0 spiro atoms. The number of benzene rings is 1. The summed E-state index contributed by atoms with van der Waals surface area (Å²) < 4.78 is 12.7. The number of ether oxygens (including phenoxy) is 2. The fourth-order valence-corrected chi connectivity index (χ4v) is 5.91. The van der Waals surface area contributed by atoms with Crippen molar-refractivity contribution in [3.05, 3.63) is 51.2 Å². The second-order valence-corrected chi connectivity index (χ2v) is 10.2. The molecule has 0 bridgehead atoms. The zero-order valence-corrected chi connectivity index (χ0v) is 21.4. The second kappa shape index (κ2) is 10.6. The van der Waals surface area contributed by atoms with Crippen LogP contribution < -0.4 is 10.1 Å². The fraction of sp³-hybridized carbons (Fsp3) is 0.417. The zero-order chi connectivity index (χ0) is 24.2. The maximum Gasteiger partial charge on any atom is 0.341 e. The highest BCUT2D eigenvalue weighted by atomic mass is 32.2.